The molecule has 7 nitrogen and oxygen atoms in total. The van der Waals surface area contributed by atoms with Gasteiger partial charge in [-0.3, -0.25) is 9.20 Å². The van der Waals surface area contributed by atoms with Gasteiger partial charge in [0.05, 0.1) is 5.69 Å². The minimum Gasteiger partial charge on any atom is -0.367 e. The largest absolute Gasteiger partial charge is 0.367 e. The number of rotatable bonds is 3. The zero-order valence-corrected chi connectivity index (χ0v) is 14.1. The number of nitrogens with one attached hydrogen (secondary N) is 1. The third kappa shape index (κ3) is 3.05. The van der Waals surface area contributed by atoms with E-state index in [9.17, 15) is 4.79 Å². The van der Waals surface area contributed by atoms with Crippen molar-refractivity contribution in [2.75, 3.05) is 18.4 Å². The number of amides is 1. The molecule has 128 valence electrons. The van der Waals surface area contributed by atoms with Crippen molar-refractivity contribution >= 4 is 17.4 Å². The number of hydrogen-bond donors (Lipinski definition) is 1. The normalized spacial score (nSPS) is 15.5. The Kier molecular flexibility index (Phi) is 4.05. The van der Waals surface area contributed by atoms with Gasteiger partial charge in [-0.25, -0.2) is 15.0 Å². The van der Waals surface area contributed by atoms with Crippen LogP contribution >= 0.6 is 0 Å². The van der Waals surface area contributed by atoms with Gasteiger partial charge in [-0.15, -0.1) is 0 Å². The number of imidazole rings is 1. The summed E-state index contributed by atoms with van der Waals surface area (Å²) < 4.78 is 1.88. The lowest BCUT2D eigenvalue weighted by molar-refractivity contribution is 0.0710. The van der Waals surface area contributed by atoms with Crippen molar-refractivity contribution < 1.29 is 4.79 Å². The molecule has 0 saturated carbocycles. The second kappa shape index (κ2) is 6.51. The zero-order valence-electron chi connectivity index (χ0n) is 14.1. The van der Waals surface area contributed by atoms with Crippen LogP contribution in [0.4, 0.5) is 5.82 Å². The van der Waals surface area contributed by atoms with Crippen LogP contribution in [0.3, 0.4) is 0 Å². The van der Waals surface area contributed by atoms with E-state index in [0.717, 1.165) is 43.1 Å². The minimum absolute atomic E-state index is 0.0525. The molecule has 0 aromatic carbocycles. The molecule has 0 aliphatic carbocycles. The summed E-state index contributed by atoms with van der Waals surface area (Å²) in [6, 6.07) is 7.95. The average molecular weight is 336 g/mol. The van der Waals surface area contributed by atoms with E-state index >= 15 is 0 Å². The van der Waals surface area contributed by atoms with Crippen molar-refractivity contribution in [1.29, 1.82) is 0 Å². The number of aryl methyl sites for hydroxylation is 1. The van der Waals surface area contributed by atoms with Gasteiger partial charge in [0.2, 0.25) is 0 Å². The minimum atomic E-state index is 0.0525. The summed E-state index contributed by atoms with van der Waals surface area (Å²) >= 11 is 0. The highest BCUT2D eigenvalue weighted by Gasteiger charge is 2.27. The average Bonchev–Trinajstić information content (AvgIpc) is 2.98. The molecule has 25 heavy (non-hydrogen) atoms. The number of nitrogens with zero attached hydrogens (tertiary/aromatic N) is 5. The second-order valence-corrected chi connectivity index (χ2v) is 6.28. The maximum Gasteiger partial charge on any atom is 0.272 e. The van der Waals surface area contributed by atoms with Crippen molar-refractivity contribution in [3.05, 3.63) is 54.4 Å². The topological polar surface area (TPSA) is 75.4 Å². The van der Waals surface area contributed by atoms with Crippen LogP contribution in [0.25, 0.3) is 5.65 Å². The van der Waals surface area contributed by atoms with Gasteiger partial charge in [-0.1, -0.05) is 6.07 Å². The van der Waals surface area contributed by atoms with E-state index in [2.05, 4.69) is 20.3 Å². The number of hydrogen-bond acceptors (Lipinski definition) is 5. The van der Waals surface area contributed by atoms with Crippen LogP contribution in [-0.4, -0.2) is 49.3 Å². The first-order valence-corrected chi connectivity index (χ1v) is 8.48. The highest BCUT2D eigenvalue weighted by Crippen LogP contribution is 2.19. The van der Waals surface area contributed by atoms with Gasteiger partial charge in [-0.2, -0.15) is 0 Å². The molecule has 1 saturated heterocycles. The zero-order chi connectivity index (χ0) is 17.2. The molecule has 1 N–H and O–H groups in total. The van der Waals surface area contributed by atoms with Crippen molar-refractivity contribution in [3.8, 4) is 0 Å². The van der Waals surface area contributed by atoms with E-state index in [-0.39, 0.29) is 5.91 Å². The first-order valence-electron chi connectivity index (χ1n) is 8.48. The first kappa shape index (κ1) is 15.6. The predicted molar refractivity (Wildman–Crippen MR) is 94.5 cm³/mol. The number of likely N-dealkylation sites (tertiary alicyclic amines) is 1. The monoisotopic (exact) mass is 336 g/mol. The van der Waals surface area contributed by atoms with E-state index in [1.165, 1.54) is 6.33 Å². The standard InChI is InChI=1S/C18H20N6O/c1-13-17(24-9-3-2-4-16(24)21-13)18(25)23-10-6-14(7-11-23)22-15-5-8-19-12-20-15/h2-5,8-9,12,14H,6-7,10-11H2,1H3,(H,19,20,22). The smallest absolute Gasteiger partial charge is 0.272 e. The lowest BCUT2D eigenvalue weighted by Crippen LogP contribution is -2.43. The van der Waals surface area contributed by atoms with Gasteiger partial charge < -0.3 is 10.2 Å². The van der Waals surface area contributed by atoms with Gasteiger partial charge >= 0.3 is 0 Å². The number of carbonyl (C=O) groups excluding carboxylic acids is 1. The SMILES string of the molecule is Cc1nc2ccccn2c1C(=O)N1CCC(Nc2ccncn2)CC1. The molecular weight excluding hydrogens is 316 g/mol. The molecule has 1 fully saturated rings. The highest BCUT2D eigenvalue weighted by molar-refractivity contribution is 5.94. The van der Waals surface area contributed by atoms with Crippen molar-refractivity contribution in [3.63, 3.8) is 0 Å². The van der Waals surface area contributed by atoms with Gasteiger partial charge in [0.25, 0.3) is 5.91 Å². The third-order valence-corrected chi connectivity index (χ3v) is 4.62. The van der Waals surface area contributed by atoms with Crippen LogP contribution in [0.1, 0.15) is 29.0 Å². The number of anilines is 1. The lowest BCUT2D eigenvalue weighted by atomic mass is 10.0. The molecule has 1 aliphatic heterocycles. The van der Waals surface area contributed by atoms with Gasteiger partial charge in [0.15, 0.2) is 0 Å². The first-order chi connectivity index (χ1) is 12.2. The molecule has 3 aromatic rings. The summed E-state index contributed by atoms with van der Waals surface area (Å²) in [6.45, 7) is 3.34. The number of fused-ring (bicyclic) bond motifs is 1. The van der Waals surface area contributed by atoms with Crippen LogP contribution in [0, 0.1) is 6.92 Å². The Morgan fingerprint density at radius 1 is 1.24 bits per heavy atom. The fourth-order valence-electron chi connectivity index (χ4n) is 3.33. The van der Waals surface area contributed by atoms with E-state index in [4.69, 9.17) is 0 Å². The number of pyridine rings is 1. The Morgan fingerprint density at radius 2 is 2.08 bits per heavy atom. The van der Waals surface area contributed by atoms with Gasteiger partial charge in [-0.05, 0) is 38.0 Å². The van der Waals surface area contributed by atoms with Crippen LogP contribution in [-0.2, 0) is 0 Å². The highest BCUT2D eigenvalue weighted by atomic mass is 16.2. The molecule has 4 rings (SSSR count). The Balaban J connectivity index is 1.45. The maximum absolute atomic E-state index is 13.0. The molecule has 0 spiro atoms. The fraction of sp³-hybridized carbons (Fsp3) is 0.333. The molecule has 7 heteroatoms. The van der Waals surface area contributed by atoms with E-state index < -0.39 is 0 Å². The number of piperidine rings is 1. The molecule has 0 radical (unpaired) electrons. The summed E-state index contributed by atoms with van der Waals surface area (Å²) in [5.41, 5.74) is 2.25. The van der Waals surface area contributed by atoms with E-state index in [1.54, 1.807) is 6.20 Å². The summed E-state index contributed by atoms with van der Waals surface area (Å²) in [7, 11) is 0. The van der Waals surface area contributed by atoms with Gasteiger partial charge in [0.1, 0.15) is 23.5 Å². The van der Waals surface area contributed by atoms with Crippen LogP contribution in [0.2, 0.25) is 0 Å². The van der Waals surface area contributed by atoms with Crippen molar-refractivity contribution in [1.82, 2.24) is 24.3 Å². The molecule has 0 atom stereocenters. The summed E-state index contributed by atoms with van der Waals surface area (Å²) in [4.78, 5) is 27.5. The second-order valence-electron chi connectivity index (χ2n) is 6.28. The molecule has 4 heterocycles. The van der Waals surface area contributed by atoms with Crippen LogP contribution in [0.15, 0.2) is 43.0 Å². The molecule has 0 unspecified atom stereocenters. The summed E-state index contributed by atoms with van der Waals surface area (Å²) in [5.74, 6) is 0.883. The Hall–Kier alpha value is -2.96. The number of aromatic nitrogens is 4. The third-order valence-electron chi connectivity index (χ3n) is 4.62. The van der Waals surface area contributed by atoms with E-state index in [0.29, 0.717) is 11.7 Å². The van der Waals surface area contributed by atoms with E-state index in [1.807, 2.05) is 46.7 Å². The molecule has 3 aromatic heterocycles. The summed E-state index contributed by atoms with van der Waals surface area (Å²) in [5, 5.41) is 3.41. The molecular formula is C18H20N6O. The van der Waals surface area contributed by atoms with Crippen molar-refractivity contribution in [2.45, 2.75) is 25.8 Å². The summed E-state index contributed by atoms with van der Waals surface area (Å²) in [6.07, 6.45) is 6.94. The Labute approximate surface area is 145 Å². The fourth-order valence-corrected chi connectivity index (χ4v) is 3.33. The van der Waals surface area contributed by atoms with Crippen molar-refractivity contribution in [2.24, 2.45) is 0 Å². The quantitative estimate of drug-likeness (QED) is 0.793. The maximum atomic E-state index is 13.0. The number of carbonyl (C=O) groups is 1. The predicted octanol–water partition coefficient (Wildman–Crippen LogP) is 2.15. The Morgan fingerprint density at radius 3 is 2.84 bits per heavy atom. The van der Waals surface area contributed by atoms with Gasteiger partial charge in [0, 0.05) is 31.5 Å². The molecule has 1 amide bonds. The lowest BCUT2D eigenvalue weighted by Gasteiger charge is -2.32. The van der Waals surface area contributed by atoms with Crippen LogP contribution < -0.4 is 5.32 Å². The molecule has 0 bridgehead atoms. The van der Waals surface area contributed by atoms with Crippen LogP contribution in [0.5, 0.6) is 0 Å². The Bertz CT molecular complexity index is 883. The molecule has 1 aliphatic rings.